The van der Waals surface area contributed by atoms with E-state index in [4.69, 9.17) is 16.3 Å². The molecule has 0 spiro atoms. The van der Waals surface area contributed by atoms with Crippen molar-refractivity contribution in [2.45, 2.75) is 18.9 Å². The first kappa shape index (κ1) is 15.9. The van der Waals surface area contributed by atoms with Crippen molar-refractivity contribution < 1.29 is 4.74 Å². The predicted octanol–water partition coefficient (Wildman–Crippen LogP) is 2.74. The van der Waals surface area contributed by atoms with E-state index in [1.165, 1.54) is 12.7 Å². The number of nitrogens with one attached hydrogen (secondary N) is 1. The van der Waals surface area contributed by atoms with Crippen LogP contribution in [0.2, 0.25) is 5.15 Å². The van der Waals surface area contributed by atoms with Crippen molar-refractivity contribution in [3.63, 3.8) is 0 Å². The Morgan fingerprint density at radius 2 is 2.10 bits per heavy atom. The third-order valence-electron chi connectivity index (χ3n) is 3.30. The number of hydrogen-bond acceptors (Lipinski definition) is 5. The van der Waals surface area contributed by atoms with Crippen LogP contribution in [0, 0.1) is 0 Å². The van der Waals surface area contributed by atoms with E-state index < -0.39 is 0 Å². The largest absolute Gasteiger partial charge is 0.490 e. The van der Waals surface area contributed by atoms with E-state index in [2.05, 4.69) is 20.3 Å². The molecule has 0 aliphatic carbocycles. The minimum absolute atomic E-state index is 0. The fourth-order valence-electron chi connectivity index (χ4n) is 2.24. The molecular weight excluding hydrogens is 311 g/mol. The van der Waals surface area contributed by atoms with Crippen molar-refractivity contribution in [3.05, 3.63) is 36.1 Å². The Kier molecular flexibility index (Phi) is 5.73. The second-order valence-corrected chi connectivity index (χ2v) is 5.10. The number of hydrogen-bond donors (Lipinski definition) is 1. The Morgan fingerprint density at radius 3 is 2.81 bits per heavy atom. The fraction of sp³-hybridized carbons (Fsp3) is 0.357. The van der Waals surface area contributed by atoms with Gasteiger partial charge in [-0.05, 0) is 25.5 Å². The van der Waals surface area contributed by atoms with Gasteiger partial charge in [-0.1, -0.05) is 11.6 Å². The Morgan fingerprint density at radius 1 is 1.29 bits per heavy atom. The van der Waals surface area contributed by atoms with Crippen LogP contribution in [0.15, 0.2) is 31.0 Å². The van der Waals surface area contributed by atoms with E-state index in [0.717, 1.165) is 24.1 Å². The minimum Gasteiger partial charge on any atom is -0.490 e. The zero-order chi connectivity index (χ0) is 13.8. The molecule has 0 amide bonds. The average Bonchev–Trinajstić information content (AvgIpc) is 3.01. The van der Waals surface area contributed by atoms with E-state index in [-0.39, 0.29) is 12.4 Å². The average molecular weight is 327 g/mol. The van der Waals surface area contributed by atoms with E-state index in [1.54, 1.807) is 18.6 Å². The maximum absolute atomic E-state index is 6.12. The van der Waals surface area contributed by atoms with Crippen LogP contribution in [-0.4, -0.2) is 34.1 Å². The number of ether oxygens (including phenoxy) is 1. The van der Waals surface area contributed by atoms with Crippen molar-refractivity contribution in [1.29, 1.82) is 0 Å². The Bertz CT molecular complexity index is 576. The lowest BCUT2D eigenvalue weighted by atomic mass is 10.1. The molecule has 3 rings (SSSR count). The molecule has 0 bridgehead atoms. The van der Waals surface area contributed by atoms with Gasteiger partial charge in [0.15, 0.2) is 0 Å². The molecule has 1 aliphatic heterocycles. The summed E-state index contributed by atoms with van der Waals surface area (Å²) in [6, 6.07) is 2.30. The van der Waals surface area contributed by atoms with E-state index in [9.17, 15) is 0 Å². The summed E-state index contributed by atoms with van der Waals surface area (Å²) in [6.45, 7) is 1.72. The van der Waals surface area contributed by atoms with Gasteiger partial charge in [-0.3, -0.25) is 0 Å². The first-order valence-corrected chi connectivity index (χ1v) is 6.98. The van der Waals surface area contributed by atoms with Crippen LogP contribution in [0.3, 0.4) is 0 Å². The van der Waals surface area contributed by atoms with Gasteiger partial charge in [0.2, 0.25) is 0 Å². The summed E-state index contributed by atoms with van der Waals surface area (Å²) in [5.74, 6) is 0.710. The van der Waals surface area contributed by atoms with Crippen LogP contribution in [0.1, 0.15) is 12.8 Å². The molecule has 1 aliphatic rings. The summed E-state index contributed by atoms with van der Waals surface area (Å²) in [6.07, 6.45) is 8.90. The Labute approximate surface area is 134 Å². The van der Waals surface area contributed by atoms with Crippen molar-refractivity contribution >= 4 is 24.0 Å². The van der Waals surface area contributed by atoms with Gasteiger partial charge in [-0.25, -0.2) is 15.0 Å². The van der Waals surface area contributed by atoms with Crippen LogP contribution in [0.4, 0.5) is 0 Å². The van der Waals surface area contributed by atoms with E-state index in [1.807, 2.05) is 6.07 Å². The molecule has 1 fully saturated rings. The SMILES string of the molecule is Cl.Clc1ncc(OC[C@@H]2CCCN2)cc1-c1cncnc1. The fourth-order valence-corrected chi connectivity index (χ4v) is 2.46. The van der Waals surface area contributed by atoms with Gasteiger partial charge in [0.1, 0.15) is 23.8 Å². The molecule has 1 N–H and O–H groups in total. The van der Waals surface area contributed by atoms with Gasteiger partial charge in [-0.15, -0.1) is 12.4 Å². The molecule has 0 aromatic carbocycles. The molecule has 3 heterocycles. The van der Waals surface area contributed by atoms with Crippen LogP contribution in [-0.2, 0) is 0 Å². The summed E-state index contributed by atoms with van der Waals surface area (Å²) in [4.78, 5) is 12.2. The third kappa shape index (κ3) is 4.03. The summed E-state index contributed by atoms with van der Waals surface area (Å²) in [5.41, 5.74) is 1.61. The monoisotopic (exact) mass is 326 g/mol. The second-order valence-electron chi connectivity index (χ2n) is 4.74. The molecule has 2 aromatic rings. The number of aromatic nitrogens is 3. The highest BCUT2D eigenvalue weighted by Crippen LogP contribution is 2.28. The Balaban J connectivity index is 0.00000161. The zero-order valence-corrected chi connectivity index (χ0v) is 12.9. The van der Waals surface area contributed by atoms with Crippen molar-refractivity contribution in [2.75, 3.05) is 13.2 Å². The molecular formula is C14H16Cl2N4O. The number of pyridine rings is 1. The minimum atomic E-state index is 0. The first-order valence-electron chi connectivity index (χ1n) is 6.60. The van der Waals surface area contributed by atoms with Gasteiger partial charge >= 0.3 is 0 Å². The summed E-state index contributed by atoms with van der Waals surface area (Å²) in [7, 11) is 0. The standard InChI is InChI=1S/C14H15ClN4O.ClH/c15-14-13(10-5-16-9-17-6-10)4-12(7-19-14)20-8-11-2-1-3-18-11;/h4-7,9,11,18H,1-3,8H2;1H/t11-;/m0./s1. The van der Waals surface area contributed by atoms with Crippen LogP contribution < -0.4 is 10.1 Å². The highest BCUT2D eigenvalue weighted by Gasteiger charge is 2.15. The molecule has 0 saturated carbocycles. The van der Waals surface area contributed by atoms with Gasteiger partial charge in [-0.2, -0.15) is 0 Å². The highest BCUT2D eigenvalue weighted by molar-refractivity contribution is 6.32. The van der Waals surface area contributed by atoms with Crippen LogP contribution in [0.5, 0.6) is 5.75 Å². The van der Waals surface area contributed by atoms with Crippen LogP contribution >= 0.6 is 24.0 Å². The maximum Gasteiger partial charge on any atom is 0.138 e. The molecule has 0 radical (unpaired) electrons. The van der Waals surface area contributed by atoms with Gasteiger partial charge in [0.05, 0.1) is 6.20 Å². The highest BCUT2D eigenvalue weighted by atomic mass is 35.5. The third-order valence-corrected chi connectivity index (χ3v) is 3.60. The molecule has 1 atom stereocenters. The summed E-state index contributed by atoms with van der Waals surface area (Å²) in [5, 5.41) is 3.82. The lowest BCUT2D eigenvalue weighted by molar-refractivity contribution is 0.276. The van der Waals surface area contributed by atoms with E-state index >= 15 is 0 Å². The first-order chi connectivity index (χ1) is 9.83. The topological polar surface area (TPSA) is 59.9 Å². The zero-order valence-electron chi connectivity index (χ0n) is 11.3. The molecule has 5 nitrogen and oxygen atoms in total. The number of rotatable bonds is 4. The molecule has 21 heavy (non-hydrogen) atoms. The summed E-state index contributed by atoms with van der Waals surface area (Å²) >= 11 is 6.12. The quantitative estimate of drug-likeness (QED) is 0.875. The van der Waals surface area contributed by atoms with Crippen molar-refractivity contribution in [3.8, 4) is 16.9 Å². The Hall–Kier alpha value is -1.43. The molecule has 0 unspecified atom stereocenters. The van der Waals surface area contributed by atoms with E-state index in [0.29, 0.717) is 23.6 Å². The summed E-state index contributed by atoms with van der Waals surface area (Å²) < 4.78 is 5.78. The normalized spacial score (nSPS) is 17.3. The van der Waals surface area contributed by atoms with Crippen molar-refractivity contribution in [2.24, 2.45) is 0 Å². The van der Waals surface area contributed by atoms with Gasteiger partial charge in [0, 0.05) is 29.6 Å². The van der Waals surface area contributed by atoms with Gasteiger partial charge in [0.25, 0.3) is 0 Å². The molecule has 112 valence electrons. The molecule has 7 heteroatoms. The second kappa shape index (κ2) is 7.54. The lowest BCUT2D eigenvalue weighted by Gasteiger charge is -2.13. The smallest absolute Gasteiger partial charge is 0.138 e. The molecule has 2 aromatic heterocycles. The van der Waals surface area contributed by atoms with Crippen molar-refractivity contribution in [1.82, 2.24) is 20.3 Å². The van der Waals surface area contributed by atoms with Crippen LogP contribution in [0.25, 0.3) is 11.1 Å². The lowest BCUT2D eigenvalue weighted by Crippen LogP contribution is -2.28. The predicted molar refractivity (Wildman–Crippen MR) is 84.0 cm³/mol. The maximum atomic E-state index is 6.12. The number of nitrogens with zero attached hydrogens (tertiary/aromatic N) is 3. The number of halogens is 2. The van der Waals surface area contributed by atoms with Gasteiger partial charge < -0.3 is 10.1 Å². The molecule has 1 saturated heterocycles.